The van der Waals surface area contributed by atoms with Gasteiger partial charge in [-0.2, -0.15) is 0 Å². The minimum atomic E-state index is -1.02. The number of hydrogen-bond acceptors (Lipinski definition) is 2. The monoisotopic (exact) mass is 256 g/mol. The van der Waals surface area contributed by atoms with Crippen LogP contribution in [-0.2, 0) is 6.42 Å². The second kappa shape index (κ2) is 4.86. The molecule has 2 rings (SSSR count). The van der Waals surface area contributed by atoms with Crippen molar-refractivity contribution in [1.29, 1.82) is 0 Å². The van der Waals surface area contributed by atoms with Crippen molar-refractivity contribution in [2.75, 3.05) is 0 Å². The van der Waals surface area contributed by atoms with Gasteiger partial charge in [0.25, 0.3) is 0 Å². The molecule has 96 valence electrons. The van der Waals surface area contributed by atoms with Crippen molar-refractivity contribution >= 4 is 0 Å². The fourth-order valence-corrected chi connectivity index (χ4v) is 1.69. The van der Waals surface area contributed by atoms with Crippen molar-refractivity contribution in [2.24, 2.45) is 0 Å². The van der Waals surface area contributed by atoms with Gasteiger partial charge in [-0.05, 0) is 19.1 Å². The van der Waals surface area contributed by atoms with E-state index < -0.39 is 29.1 Å². The van der Waals surface area contributed by atoms with E-state index in [0.717, 1.165) is 0 Å². The van der Waals surface area contributed by atoms with Crippen LogP contribution in [0.3, 0.4) is 0 Å². The normalized spacial score (nSPS) is 12.7. The van der Waals surface area contributed by atoms with E-state index in [-0.39, 0.29) is 12.2 Å². The van der Waals surface area contributed by atoms with E-state index in [9.17, 15) is 18.3 Å². The summed E-state index contributed by atoms with van der Waals surface area (Å²) in [5.41, 5.74) is -0.409. The van der Waals surface area contributed by atoms with E-state index in [4.69, 9.17) is 4.42 Å². The minimum absolute atomic E-state index is 0.0272. The lowest BCUT2D eigenvalue weighted by Crippen LogP contribution is -2.02. The fraction of sp³-hybridized carbons (Fsp3) is 0.231. The first-order chi connectivity index (χ1) is 8.47. The third-order valence-electron chi connectivity index (χ3n) is 2.41. The number of rotatable bonds is 3. The van der Waals surface area contributed by atoms with E-state index in [1.54, 1.807) is 6.92 Å². The first-order valence-corrected chi connectivity index (χ1v) is 5.39. The predicted octanol–water partition coefficient (Wildman–Crippen LogP) is 3.29. The molecular weight excluding hydrogens is 245 g/mol. The summed E-state index contributed by atoms with van der Waals surface area (Å²) in [6, 6.07) is 4.09. The van der Waals surface area contributed by atoms with Crippen molar-refractivity contribution in [3.05, 3.63) is 47.5 Å². The van der Waals surface area contributed by atoms with E-state index in [0.29, 0.717) is 17.9 Å². The molecule has 1 heterocycles. The summed E-state index contributed by atoms with van der Waals surface area (Å²) >= 11 is 0. The van der Waals surface area contributed by atoms with Crippen molar-refractivity contribution in [1.82, 2.24) is 0 Å². The van der Waals surface area contributed by atoms with Gasteiger partial charge in [-0.15, -0.1) is 0 Å². The van der Waals surface area contributed by atoms with Crippen LogP contribution in [0.1, 0.15) is 12.7 Å². The largest absolute Gasteiger partial charge is 0.461 e. The van der Waals surface area contributed by atoms with Crippen molar-refractivity contribution in [2.45, 2.75) is 19.4 Å². The molecule has 0 saturated carbocycles. The molecule has 0 amide bonds. The maximum absolute atomic E-state index is 13.5. The molecular formula is C13H11F3O2. The number of aliphatic hydroxyl groups is 1. The van der Waals surface area contributed by atoms with E-state index in [1.165, 1.54) is 12.1 Å². The van der Waals surface area contributed by atoms with Gasteiger partial charge in [0.15, 0.2) is 0 Å². The Morgan fingerprint density at radius 3 is 2.33 bits per heavy atom. The molecule has 18 heavy (non-hydrogen) atoms. The van der Waals surface area contributed by atoms with Gasteiger partial charge in [-0.1, -0.05) is 0 Å². The smallest absolute Gasteiger partial charge is 0.140 e. The second-order valence-corrected chi connectivity index (χ2v) is 4.06. The van der Waals surface area contributed by atoms with Gasteiger partial charge in [0.05, 0.1) is 11.7 Å². The highest BCUT2D eigenvalue weighted by Crippen LogP contribution is 2.28. The van der Waals surface area contributed by atoms with Crippen LogP contribution in [0.25, 0.3) is 11.3 Å². The van der Waals surface area contributed by atoms with Gasteiger partial charge < -0.3 is 9.52 Å². The lowest BCUT2D eigenvalue weighted by molar-refractivity contribution is 0.187. The molecule has 1 aromatic carbocycles. The number of hydrogen-bond donors (Lipinski definition) is 1. The minimum Gasteiger partial charge on any atom is -0.461 e. The Bertz CT molecular complexity index is 538. The highest BCUT2D eigenvalue weighted by atomic mass is 19.1. The van der Waals surface area contributed by atoms with Crippen LogP contribution in [0.2, 0.25) is 0 Å². The second-order valence-electron chi connectivity index (χ2n) is 4.06. The van der Waals surface area contributed by atoms with Gasteiger partial charge in [-0.25, -0.2) is 13.2 Å². The highest BCUT2D eigenvalue weighted by Gasteiger charge is 2.17. The number of halogens is 3. The van der Waals surface area contributed by atoms with Gasteiger partial charge in [0.2, 0.25) is 0 Å². The third kappa shape index (κ3) is 2.56. The van der Waals surface area contributed by atoms with Crippen LogP contribution in [0, 0.1) is 17.5 Å². The Labute approximate surface area is 102 Å². The van der Waals surface area contributed by atoms with Crippen molar-refractivity contribution in [3.63, 3.8) is 0 Å². The zero-order valence-electron chi connectivity index (χ0n) is 9.58. The molecule has 0 bridgehead atoms. The van der Waals surface area contributed by atoms with Crippen molar-refractivity contribution in [3.8, 4) is 11.3 Å². The van der Waals surface area contributed by atoms with Gasteiger partial charge >= 0.3 is 0 Å². The summed E-state index contributed by atoms with van der Waals surface area (Å²) in [5.74, 6) is -2.65. The standard InChI is InChI=1S/C13H11F3O2/c1-7(17)4-9-2-3-12(18-9)13-10(15)5-8(14)6-11(13)16/h2-3,5-7,17H,4H2,1H3. The lowest BCUT2D eigenvalue weighted by Gasteiger charge is -2.03. The molecule has 5 heteroatoms. The average molecular weight is 256 g/mol. The van der Waals surface area contributed by atoms with Crippen LogP contribution >= 0.6 is 0 Å². The zero-order chi connectivity index (χ0) is 13.3. The maximum atomic E-state index is 13.5. The van der Waals surface area contributed by atoms with Gasteiger partial charge in [0, 0.05) is 18.6 Å². The molecule has 1 unspecified atom stereocenters. The molecule has 0 spiro atoms. The summed E-state index contributed by atoms with van der Waals surface area (Å²) in [5, 5.41) is 9.17. The Balaban J connectivity index is 2.40. The molecule has 0 fully saturated rings. The van der Waals surface area contributed by atoms with Crippen LogP contribution in [0.4, 0.5) is 13.2 Å². The summed E-state index contributed by atoms with van der Waals surface area (Å²) in [6.07, 6.45) is -0.378. The first-order valence-electron chi connectivity index (χ1n) is 5.39. The van der Waals surface area contributed by atoms with Crippen molar-refractivity contribution < 1.29 is 22.7 Å². The SMILES string of the molecule is CC(O)Cc1ccc(-c2c(F)cc(F)cc2F)o1. The number of furan rings is 1. The number of benzene rings is 1. The Morgan fingerprint density at radius 1 is 1.17 bits per heavy atom. The molecule has 1 atom stereocenters. The summed E-state index contributed by atoms with van der Waals surface area (Å²) in [6.45, 7) is 1.57. The van der Waals surface area contributed by atoms with Gasteiger partial charge in [0.1, 0.15) is 29.0 Å². The molecule has 1 N–H and O–H groups in total. The Morgan fingerprint density at radius 2 is 1.78 bits per heavy atom. The first kappa shape index (κ1) is 12.7. The van der Waals surface area contributed by atoms with E-state index >= 15 is 0 Å². The molecule has 2 nitrogen and oxygen atoms in total. The summed E-state index contributed by atoms with van der Waals surface area (Å²) < 4.78 is 44.9. The topological polar surface area (TPSA) is 33.4 Å². The molecule has 0 aliphatic rings. The molecule has 0 radical (unpaired) electrons. The number of aliphatic hydroxyl groups excluding tert-OH is 1. The molecule has 2 aromatic rings. The summed E-state index contributed by atoms with van der Waals surface area (Å²) in [7, 11) is 0. The molecule has 0 saturated heterocycles. The van der Waals surface area contributed by atoms with E-state index in [2.05, 4.69) is 0 Å². The van der Waals surface area contributed by atoms with Gasteiger partial charge in [-0.3, -0.25) is 0 Å². The molecule has 1 aromatic heterocycles. The average Bonchev–Trinajstić information content (AvgIpc) is 2.63. The maximum Gasteiger partial charge on any atom is 0.140 e. The fourth-order valence-electron chi connectivity index (χ4n) is 1.69. The molecule has 0 aliphatic carbocycles. The van der Waals surface area contributed by atoms with Crippen LogP contribution < -0.4 is 0 Å². The summed E-state index contributed by atoms with van der Waals surface area (Å²) in [4.78, 5) is 0. The van der Waals surface area contributed by atoms with Crippen LogP contribution in [-0.4, -0.2) is 11.2 Å². The Hall–Kier alpha value is -1.75. The van der Waals surface area contributed by atoms with Crippen LogP contribution in [0.15, 0.2) is 28.7 Å². The quantitative estimate of drug-likeness (QED) is 0.914. The zero-order valence-corrected chi connectivity index (χ0v) is 9.58. The highest BCUT2D eigenvalue weighted by molar-refractivity contribution is 5.59. The Kier molecular flexibility index (Phi) is 3.43. The molecule has 0 aliphatic heterocycles. The van der Waals surface area contributed by atoms with Crippen LogP contribution in [0.5, 0.6) is 0 Å². The van der Waals surface area contributed by atoms with E-state index in [1.807, 2.05) is 0 Å². The third-order valence-corrected chi connectivity index (χ3v) is 2.41. The lowest BCUT2D eigenvalue weighted by atomic mass is 10.1. The predicted molar refractivity (Wildman–Crippen MR) is 59.4 cm³/mol.